The molecule has 404 valence electrons. The lowest BCUT2D eigenvalue weighted by Crippen LogP contribution is -1.98. The van der Waals surface area contributed by atoms with Crippen molar-refractivity contribution in [2.45, 2.75) is 0 Å². The third-order valence-electron chi connectivity index (χ3n) is 16.0. The van der Waals surface area contributed by atoms with Crippen molar-refractivity contribution in [3.05, 3.63) is 430 Å². The molecule has 86 heavy (non-hydrogen) atoms. The molecule has 0 bridgehead atoms. The van der Waals surface area contributed by atoms with E-state index in [0.717, 1.165) is 134 Å². The van der Waals surface area contributed by atoms with Gasteiger partial charge in [-0.2, -0.15) is 5.26 Å². The normalized spacial score (nSPS) is 10.8. The van der Waals surface area contributed by atoms with Crippen molar-refractivity contribution >= 4 is 33.4 Å². The van der Waals surface area contributed by atoms with E-state index in [9.17, 15) is 5.26 Å². The molecule has 0 aliphatic rings. The van der Waals surface area contributed by atoms with Crippen molar-refractivity contribution in [1.29, 1.82) is 5.26 Å². The fourth-order valence-electron chi connectivity index (χ4n) is 12.0. The van der Waals surface area contributed by atoms with E-state index in [1.54, 1.807) is 0 Å². The van der Waals surface area contributed by atoms with Gasteiger partial charge in [0.2, 0.25) is 0 Å². The van der Waals surface area contributed by atoms with Gasteiger partial charge in [-0.1, -0.05) is 346 Å². The van der Waals surface area contributed by atoms with Crippen LogP contribution in [0, 0.1) is 11.3 Å². The van der Waals surface area contributed by atoms with E-state index < -0.39 is 0 Å². The molecular weight excluding hydrogens is 1030 g/mol. The van der Waals surface area contributed by atoms with E-state index in [1.807, 2.05) is 0 Å². The SMILES string of the molecule is N#Cc1c(-c2ccc(C(=C(c3ccccc3)c3ccccc3)c3ccccc3)cc2)cc(-c2ccc(C(=C(c3ccccc3)c3ccccc3)c3ccccc3)cc2)cc1-c1ccc(C(=C(c2ccccc2)c2ccccc2)c2ccccc2)cc1. The number of hydrogen-bond acceptors (Lipinski definition) is 1. The number of rotatable bonds is 15. The quantitative estimate of drug-likeness (QED) is 0.0939. The summed E-state index contributed by atoms with van der Waals surface area (Å²) in [6, 6.07) is 130. The number of benzene rings is 13. The van der Waals surface area contributed by atoms with Crippen molar-refractivity contribution in [3.63, 3.8) is 0 Å². The molecule has 0 fully saturated rings. The van der Waals surface area contributed by atoms with Crippen LogP contribution >= 0.6 is 0 Å². The summed E-state index contributed by atoms with van der Waals surface area (Å²) >= 11 is 0. The molecule has 1 heteroatoms. The second-order valence-electron chi connectivity index (χ2n) is 21.3. The van der Waals surface area contributed by atoms with Crippen molar-refractivity contribution in [2.24, 2.45) is 0 Å². The van der Waals surface area contributed by atoms with E-state index in [-0.39, 0.29) is 0 Å². The molecule has 0 radical (unpaired) electrons. The molecule has 0 saturated heterocycles. The van der Waals surface area contributed by atoms with Gasteiger partial charge in [-0.15, -0.1) is 0 Å². The van der Waals surface area contributed by atoms with Crippen LogP contribution in [0.3, 0.4) is 0 Å². The fraction of sp³-hybridized carbons (Fsp3) is 0. The maximum absolute atomic E-state index is 11.6. The molecule has 0 unspecified atom stereocenters. The Bertz CT molecular complexity index is 4220. The molecule has 0 N–H and O–H groups in total. The predicted octanol–water partition coefficient (Wildman–Crippen LogP) is 21.6. The molecule has 1 nitrogen and oxygen atoms in total. The Morgan fingerprint density at radius 1 is 0.174 bits per heavy atom. The number of nitrogens with zero attached hydrogens (tertiary/aromatic N) is 1. The van der Waals surface area contributed by atoms with Crippen molar-refractivity contribution in [3.8, 4) is 39.4 Å². The number of nitriles is 1. The Labute approximate surface area is 505 Å². The zero-order chi connectivity index (χ0) is 57.9. The second-order valence-corrected chi connectivity index (χ2v) is 21.3. The lowest BCUT2D eigenvalue weighted by atomic mass is 9.83. The van der Waals surface area contributed by atoms with Gasteiger partial charge in [0.05, 0.1) is 5.56 Å². The van der Waals surface area contributed by atoms with Crippen LogP contribution < -0.4 is 0 Å². The molecule has 13 rings (SSSR count). The van der Waals surface area contributed by atoms with Crippen molar-refractivity contribution < 1.29 is 0 Å². The van der Waals surface area contributed by atoms with Crippen LogP contribution in [0.4, 0.5) is 0 Å². The summed E-state index contributed by atoms with van der Waals surface area (Å²) < 4.78 is 0. The highest BCUT2D eigenvalue weighted by atomic mass is 14.3. The van der Waals surface area contributed by atoms with Gasteiger partial charge < -0.3 is 0 Å². The van der Waals surface area contributed by atoms with E-state index >= 15 is 0 Å². The summed E-state index contributed by atoms with van der Waals surface area (Å²) in [6.07, 6.45) is 0. The van der Waals surface area contributed by atoms with Gasteiger partial charge in [-0.05, 0) is 135 Å². The lowest BCUT2D eigenvalue weighted by molar-refractivity contribution is 1.45. The monoisotopic (exact) mass is 1090 g/mol. The highest BCUT2D eigenvalue weighted by Gasteiger charge is 2.22. The van der Waals surface area contributed by atoms with E-state index in [1.165, 1.54) is 0 Å². The Hall–Kier alpha value is -11.4. The van der Waals surface area contributed by atoms with Gasteiger partial charge in [0.25, 0.3) is 0 Å². The fourth-order valence-corrected chi connectivity index (χ4v) is 12.0. The highest BCUT2D eigenvalue weighted by molar-refractivity contribution is 6.07. The standard InChI is InChI=1S/C85H59N/c86-60-79-77(62-48-54-74(55-49-62)84(71-42-24-8-25-43-71)81(66-32-14-3-15-33-66)67-34-16-4-17-35-67)58-76(61-46-52-73(53-47-61)83(70-40-22-7-23-41-70)80(64-28-10-1-11-29-64)65-30-12-2-13-31-65)59-78(79)63-50-56-75(57-51-63)85(72-44-26-9-27-45-72)82(68-36-18-5-19-37-68)69-38-20-6-21-39-69/h1-59H. The first-order valence-corrected chi connectivity index (χ1v) is 29.3. The summed E-state index contributed by atoms with van der Waals surface area (Å²) in [5, 5.41) is 11.6. The molecule has 0 saturated carbocycles. The van der Waals surface area contributed by atoms with Gasteiger partial charge in [-0.25, -0.2) is 0 Å². The van der Waals surface area contributed by atoms with Crippen LogP contribution in [0.25, 0.3) is 66.8 Å². The largest absolute Gasteiger partial charge is 0.192 e. The summed E-state index contributed by atoms with van der Waals surface area (Å²) in [5.74, 6) is 0. The van der Waals surface area contributed by atoms with Crippen LogP contribution in [-0.2, 0) is 0 Å². The summed E-state index contributed by atoms with van der Waals surface area (Å²) in [7, 11) is 0. The van der Waals surface area contributed by atoms with Gasteiger partial charge in [0.1, 0.15) is 6.07 Å². The number of hydrogen-bond donors (Lipinski definition) is 0. The minimum absolute atomic E-state index is 0.608. The van der Waals surface area contributed by atoms with Crippen LogP contribution in [0.1, 0.15) is 72.3 Å². The Balaban J connectivity index is 0.999. The molecule has 13 aromatic carbocycles. The minimum Gasteiger partial charge on any atom is -0.192 e. The Kier molecular flexibility index (Phi) is 15.9. The van der Waals surface area contributed by atoms with Gasteiger partial charge in [-0.3, -0.25) is 0 Å². The molecule has 0 amide bonds. The zero-order valence-electron chi connectivity index (χ0n) is 47.5. The van der Waals surface area contributed by atoms with Crippen LogP contribution in [-0.4, -0.2) is 0 Å². The molecule has 0 atom stereocenters. The van der Waals surface area contributed by atoms with Crippen molar-refractivity contribution in [2.75, 3.05) is 0 Å². The Morgan fingerprint density at radius 3 is 0.512 bits per heavy atom. The van der Waals surface area contributed by atoms with Gasteiger partial charge >= 0.3 is 0 Å². The maximum Gasteiger partial charge on any atom is 0.100 e. The van der Waals surface area contributed by atoms with Crippen LogP contribution in [0.15, 0.2) is 358 Å². The first kappa shape index (κ1) is 53.9. The first-order chi connectivity index (χ1) is 42.7. The Morgan fingerprint density at radius 2 is 0.337 bits per heavy atom. The molecule has 0 heterocycles. The predicted molar refractivity (Wildman–Crippen MR) is 360 cm³/mol. The summed E-state index contributed by atoms with van der Waals surface area (Å²) in [4.78, 5) is 0. The second kappa shape index (κ2) is 25.4. The van der Waals surface area contributed by atoms with E-state index in [2.05, 4.69) is 364 Å². The molecular formula is C85H59N. The summed E-state index contributed by atoms with van der Waals surface area (Å²) in [6.45, 7) is 0. The lowest BCUT2D eigenvalue weighted by Gasteiger charge is -2.20. The third-order valence-corrected chi connectivity index (χ3v) is 16.0. The van der Waals surface area contributed by atoms with Crippen LogP contribution in [0.5, 0.6) is 0 Å². The zero-order valence-corrected chi connectivity index (χ0v) is 47.5. The van der Waals surface area contributed by atoms with Gasteiger partial charge in [0, 0.05) is 11.1 Å². The first-order valence-electron chi connectivity index (χ1n) is 29.3. The highest BCUT2D eigenvalue weighted by Crippen LogP contribution is 2.44. The molecule has 0 aliphatic carbocycles. The molecule has 0 spiro atoms. The average Bonchev–Trinajstić information content (AvgIpc) is 1.68. The topological polar surface area (TPSA) is 23.8 Å². The van der Waals surface area contributed by atoms with E-state index in [4.69, 9.17) is 0 Å². The summed E-state index contributed by atoms with van der Waals surface area (Å²) in [5.41, 5.74) is 26.6. The van der Waals surface area contributed by atoms with E-state index in [0.29, 0.717) is 5.56 Å². The van der Waals surface area contributed by atoms with Crippen LogP contribution in [0.2, 0.25) is 0 Å². The molecule has 0 aliphatic heterocycles. The third kappa shape index (κ3) is 11.4. The van der Waals surface area contributed by atoms with Gasteiger partial charge in [0.15, 0.2) is 0 Å². The van der Waals surface area contributed by atoms with Crippen molar-refractivity contribution in [1.82, 2.24) is 0 Å². The molecule has 13 aromatic rings. The maximum atomic E-state index is 11.6. The minimum atomic E-state index is 0.608. The molecule has 0 aromatic heterocycles. The smallest absolute Gasteiger partial charge is 0.100 e. The average molecular weight is 1090 g/mol.